The zero-order chi connectivity index (χ0) is 13.4. The summed E-state index contributed by atoms with van der Waals surface area (Å²) in [6, 6.07) is 2.96. The van der Waals surface area contributed by atoms with Crippen LogP contribution in [0.25, 0.3) is 0 Å². The second kappa shape index (κ2) is 7.33. The van der Waals surface area contributed by atoms with E-state index in [2.05, 4.69) is 5.32 Å². The summed E-state index contributed by atoms with van der Waals surface area (Å²) < 4.78 is 9.87. The molecule has 0 aliphatic heterocycles. The topological polar surface area (TPSA) is 92.0 Å². The first-order chi connectivity index (χ1) is 8.63. The number of carboxylic acids is 1. The third kappa shape index (κ3) is 4.88. The van der Waals surface area contributed by atoms with E-state index in [1.807, 2.05) is 0 Å². The molecule has 0 aliphatic carbocycles. The molecule has 7 nitrogen and oxygen atoms in total. The SMILES string of the molecule is COCCN(CC(=O)O)C(=O)NCc1ccco1. The van der Waals surface area contributed by atoms with Gasteiger partial charge in [0.05, 0.1) is 19.4 Å². The third-order valence-electron chi connectivity index (χ3n) is 2.17. The van der Waals surface area contributed by atoms with E-state index in [-0.39, 0.29) is 26.2 Å². The van der Waals surface area contributed by atoms with Gasteiger partial charge in [0.1, 0.15) is 12.3 Å². The number of aliphatic carboxylic acids is 1. The summed E-state index contributed by atoms with van der Waals surface area (Å²) in [5, 5.41) is 11.3. The van der Waals surface area contributed by atoms with Crippen LogP contribution in [0, 0.1) is 0 Å². The fourth-order valence-corrected chi connectivity index (χ4v) is 1.30. The second-order valence-electron chi connectivity index (χ2n) is 3.55. The van der Waals surface area contributed by atoms with Gasteiger partial charge >= 0.3 is 12.0 Å². The molecule has 1 rings (SSSR count). The molecule has 0 atom stereocenters. The monoisotopic (exact) mass is 256 g/mol. The van der Waals surface area contributed by atoms with Crippen molar-refractivity contribution in [1.29, 1.82) is 0 Å². The number of nitrogens with one attached hydrogen (secondary N) is 1. The molecular formula is C11H16N2O5. The van der Waals surface area contributed by atoms with E-state index in [1.165, 1.54) is 13.4 Å². The molecule has 0 bridgehead atoms. The van der Waals surface area contributed by atoms with Crippen molar-refractivity contribution in [3.05, 3.63) is 24.2 Å². The highest BCUT2D eigenvalue weighted by Crippen LogP contribution is 1.99. The minimum Gasteiger partial charge on any atom is -0.480 e. The molecule has 2 N–H and O–H groups in total. The van der Waals surface area contributed by atoms with Crippen LogP contribution in [0.2, 0.25) is 0 Å². The maximum atomic E-state index is 11.7. The molecule has 100 valence electrons. The number of carbonyl (C=O) groups excluding carboxylic acids is 1. The lowest BCUT2D eigenvalue weighted by molar-refractivity contribution is -0.137. The van der Waals surface area contributed by atoms with Crippen LogP contribution in [0.5, 0.6) is 0 Å². The summed E-state index contributed by atoms with van der Waals surface area (Å²) in [6.45, 7) is 0.344. The molecule has 18 heavy (non-hydrogen) atoms. The standard InChI is InChI=1S/C11H16N2O5/c1-17-6-4-13(8-10(14)15)11(16)12-7-9-3-2-5-18-9/h2-3,5H,4,6-8H2,1H3,(H,12,16)(H,14,15). The zero-order valence-corrected chi connectivity index (χ0v) is 10.1. The van der Waals surface area contributed by atoms with Gasteiger partial charge < -0.3 is 24.5 Å². The number of nitrogens with zero attached hydrogens (tertiary/aromatic N) is 1. The summed E-state index contributed by atoms with van der Waals surface area (Å²) in [7, 11) is 1.49. The number of hydrogen-bond donors (Lipinski definition) is 2. The fraction of sp³-hybridized carbons (Fsp3) is 0.455. The number of carboxylic acid groups (broad SMARTS) is 1. The van der Waals surface area contributed by atoms with Gasteiger partial charge in [0.2, 0.25) is 0 Å². The van der Waals surface area contributed by atoms with Crippen LogP contribution in [0.3, 0.4) is 0 Å². The van der Waals surface area contributed by atoms with E-state index in [0.717, 1.165) is 4.90 Å². The van der Waals surface area contributed by atoms with Crippen molar-refractivity contribution in [3.63, 3.8) is 0 Å². The van der Waals surface area contributed by atoms with E-state index in [1.54, 1.807) is 12.1 Å². The van der Waals surface area contributed by atoms with E-state index >= 15 is 0 Å². The fourth-order valence-electron chi connectivity index (χ4n) is 1.30. The quantitative estimate of drug-likeness (QED) is 0.742. The Bertz CT molecular complexity index is 377. The number of amides is 2. The van der Waals surface area contributed by atoms with Crippen LogP contribution in [0.15, 0.2) is 22.8 Å². The van der Waals surface area contributed by atoms with Crippen molar-refractivity contribution in [2.45, 2.75) is 6.54 Å². The minimum absolute atomic E-state index is 0.215. The van der Waals surface area contributed by atoms with Crippen LogP contribution >= 0.6 is 0 Å². The molecule has 1 aromatic heterocycles. The number of furan rings is 1. The molecule has 0 saturated carbocycles. The van der Waals surface area contributed by atoms with Crippen molar-refractivity contribution < 1.29 is 23.8 Å². The first kappa shape index (κ1) is 14.0. The Hall–Kier alpha value is -2.02. The molecule has 2 amide bonds. The summed E-state index contributed by atoms with van der Waals surface area (Å²) in [6.07, 6.45) is 1.50. The lowest BCUT2D eigenvalue weighted by Gasteiger charge is -2.20. The van der Waals surface area contributed by atoms with E-state index in [0.29, 0.717) is 5.76 Å². The summed E-state index contributed by atoms with van der Waals surface area (Å²) in [5.74, 6) is -0.468. The number of carbonyl (C=O) groups is 2. The molecule has 1 aromatic rings. The minimum atomic E-state index is -1.07. The normalized spacial score (nSPS) is 10.1. The highest BCUT2D eigenvalue weighted by molar-refractivity contribution is 5.80. The molecule has 0 aliphatic rings. The smallest absolute Gasteiger partial charge is 0.323 e. The summed E-state index contributed by atoms with van der Waals surface area (Å²) >= 11 is 0. The van der Waals surface area contributed by atoms with Gasteiger partial charge in [-0.15, -0.1) is 0 Å². The third-order valence-corrected chi connectivity index (χ3v) is 2.17. The largest absolute Gasteiger partial charge is 0.480 e. The maximum Gasteiger partial charge on any atom is 0.323 e. The molecular weight excluding hydrogens is 240 g/mol. The highest BCUT2D eigenvalue weighted by Gasteiger charge is 2.16. The first-order valence-electron chi connectivity index (χ1n) is 5.39. The molecule has 0 fully saturated rings. The summed E-state index contributed by atoms with van der Waals surface area (Å²) in [4.78, 5) is 23.5. The van der Waals surface area contributed by atoms with Crippen molar-refractivity contribution in [2.24, 2.45) is 0 Å². The molecule has 0 unspecified atom stereocenters. The van der Waals surface area contributed by atoms with Crippen LogP contribution < -0.4 is 5.32 Å². The van der Waals surface area contributed by atoms with Crippen molar-refractivity contribution >= 4 is 12.0 Å². The molecule has 0 spiro atoms. The number of methoxy groups -OCH3 is 1. The van der Waals surface area contributed by atoms with Gasteiger partial charge in [0.25, 0.3) is 0 Å². The number of rotatable bonds is 7. The Morgan fingerprint density at radius 3 is 2.89 bits per heavy atom. The molecule has 0 saturated heterocycles. The van der Waals surface area contributed by atoms with Crippen LogP contribution in [0.1, 0.15) is 5.76 Å². The zero-order valence-electron chi connectivity index (χ0n) is 10.1. The van der Waals surface area contributed by atoms with Gasteiger partial charge in [-0.1, -0.05) is 0 Å². The Kier molecular flexibility index (Phi) is 5.72. The Labute approximate surface area is 104 Å². The second-order valence-corrected chi connectivity index (χ2v) is 3.55. The average Bonchev–Trinajstić information content (AvgIpc) is 2.84. The van der Waals surface area contributed by atoms with E-state index < -0.39 is 12.0 Å². The van der Waals surface area contributed by atoms with E-state index in [9.17, 15) is 9.59 Å². The predicted octanol–water partition coefficient (Wildman–Crippen LogP) is 0.522. The van der Waals surface area contributed by atoms with Gasteiger partial charge in [0.15, 0.2) is 0 Å². The van der Waals surface area contributed by atoms with Gasteiger partial charge in [-0.05, 0) is 12.1 Å². The highest BCUT2D eigenvalue weighted by atomic mass is 16.5. The lowest BCUT2D eigenvalue weighted by Crippen LogP contribution is -2.44. The van der Waals surface area contributed by atoms with Gasteiger partial charge in [-0.2, -0.15) is 0 Å². The average molecular weight is 256 g/mol. The molecule has 7 heteroatoms. The van der Waals surface area contributed by atoms with Crippen molar-refractivity contribution in [2.75, 3.05) is 26.8 Å². The van der Waals surface area contributed by atoms with Crippen LogP contribution in [-0.2, 0) is 16.1 Å². The molecule has 1 heterocycles. The Morgan fingerprint density at radius 2 is 2.33 bits per heavy atom. The summed E-state index contributed by atoms with van der Waals surface area (Å²) in [5.41, 5.74) is 0. The maximum absolute atomic E-state index is 11.7. The number of ether oxygens (including phenoxy) is 1. The van der Waals surface area contributed by atoms with E-state index in [4.69, 9.17) is 14.3 Å². The van der Waals surface area contributed by atoms with Crippen molar-refractivity contribution in [1.82, 2.24) is 10.2 Å². The number of hydrogen-bond acceptors (Lipinski definition) is 4. The Morgan fingerprint density at radius 1 is 1.56 bits per heavy atom. The van der Waals surface area contributed by atoms with Crippen LogP contribution in [-0.4, -0.2) is 48.8 Å². The van der Waals surface area contributed by atoms with Crippen molar-refractivity contribution in [3.8, 4) is 0 Å². The lowest BCUT2D eigenvalue weighted by atomic mass is 10.4. The van der Waals surface area contributed by atoms with Gasteiger partial charge in [-0.3, -0.25) is 4.79 Å². The van der Waals surface area contributed by atoms with Gasteiger partial charge in [-0.25, -0.2) is 4.79 Å². The number of urea groups is 1. The first-order valence-corrected chi connectivity index (χ1v) is 5.39. The van der Waals surface area contributed by atoms with Crippen LogP contribution in [0.4, 0.5) is 4.79 Å². The molecule has 0 aromatic carbocycles. The Balaban J connectivity index is 2.44. The molecule has 0 radical (unpaired) electrons. The van der Waals surface area contributed by atoms with Gasteiger partial charge in [0, 0.05) is 13.7 Å². The predicted molar refractivity (Wildman–Crippen MR) is 62.0 cm³/mol.